The van der Waals surface area contributed by atoms with Crippen LogP contribution in [0, 0.1) is 5.92 Å². The molecule has 1 aromatic rings. The number of hydrogen-bond acceptors (Lipinski definition) is 6. The number of carbonyl (C=O) groups excluding carboxylic acids is 2. The number of rotatable bonds is 6. The zero-order valence-corrected chi connectivity index (χ0v) is 18.4. The molecule has 0 unspecified atom stereocenters. The quantitative estimate of drug-likeness (QED) is 0.685. The van der Waals surface area contributed by atoms with Gasteiger partial charge in [-0.15, -0.1) is 0 Å². The first-order valence-corrected chi connectivity index (χ1v) is 11.6. The van der Waals surface area contributed by atoms with Gasteiger partial charge in [0, 0.05) is 45.0 Å². The van der Waals surface area contributed by atoms with Crippen LogP contribution in [0.2, 0.25) is 5.02 Å². The van der Waals surface area contributed by atoms with E-state index in [1.165, 1.54) is 27.4 Å². The minimum Gasteiger partial charge on any atom is -0.381 e. The number of halogens is 1. The highest BCUT2D eigenvalue weighted by atomic mass is 35.5. The molecule has 0 bridgehead atoms. The second-order valence-corrected chi connectivity index (χ2v) is 9.60. The minimum absolute atomic E-state index is 0.0736. The Balaban J connectivity index is 1.65. The van der Waals surface area contributed by atoms with Crippen LogP contribution in [-0.2, 0) is 29.1 Å². The Bertz CT molecular complexity index is 882. The fourth-order valence-corrected chi connectivity index (χ4v) is 5.36. The molecule has 0 aliphatic carbocycles. The van der Waals surface area contributed by atoms with Crippen LogP contribution < -0.4 is 5.32 Å². The van der Waals surface area contributed by atoms with Crippen molar-refractivity contribution in [3.63, 3.8) is 0 Å². The fourth-order valence-electron chi connectivity index (χ4n) is 3.45. The third kappa shape index (κ3) is 5.50. The number of hydrogen-bond donors (Lipinski definition) is 1. The van der Waals surface area contributed by atoms with Crippen LogP contribution in [0.1, 0.15) is 12.8 Å². The Morgan fingerprint density at radius 1 is 1.17 bits per heavy atom. The number of nitrogens with one attached hydrogen (secondary N) is 1. The van der Waals surface area contributed by atoms with E-state index in [4.69, 9.17) is 21.1 Å². The van der Waals surface area contributed by atoms with Crippen molar-refractivity contribution in [1.29, 1.82) is 0 Å². The fraction of sp³-hybridized carbons (Fsp3) is 0.579. The van der Waals surface area contributed by atoms with Crippen LogP contribution in [0.25, 0.3) is 0 Å². The van der Waals surface area contributed by atoms with Crippen LogP contribution in [0.5, 0.6) is 0 Å². The zero-order valence-electron chi connectivity index (χ0n) is 16.8. The standard InChI is InChI=1S/C19H26ClN3O6S/c1-22(19(25)14-4-8-28-9-5-14)13-18(24)21-15-2-3-16(20)17(12-15)30(26,27)23-6-10-29-11-7-23/h2-3,12,14H,4-11,13H2,1H3,(H,21,24). The first-order chi connectivity index (χ1) is 14.3. The number of anilines is 1. The van der Waals surface area contributed by atoms with Gasteiger partial charge in [0.1, 0.15) is 4.90 Å². The molecule has 0 radical (unpaired) electrons. The van der Waals surface area contributed by atoms with Crippen molar-refractivity contribution < 1.29 is 27.5 Å². The molecule has 0 atom stereocenters. The largest absolute Gasteiger partial charge is 0.381 e. The molecular formula is C19H26ClN3O6S. The summed E-state index contributed by atoms with van der Waals surface area (Å²) in [6.45, 7) is 2.08. The summed E-state index contributed by atoms with van der Waals surface area (Å²) in [5.41, 5.74) is 0.295. The third-order valence-electron chi connectivity index (χ3n) is 5.13. The number of benzene rings is 1. The normalized spacial score (nSPS) is 18.7. The molecule has 2 aliphatic rings. The molecule has 11 heteroatoms. The highest BCUT2D eigenvalue weighted by molar-refractivity contribution is 7.89. The molecule has 2 aliphatic heterocycles. The molecule has 3 rings (SSSR count). The smallest absolute Gasteiger partial charge is 0.244 e. The molecule has 1 N–H and O–H groups in total. The van der Waals surface area contributed by atoms with Crippen molar-refractivity contribution in [3.05, 3.63) is 23.2 Å². The molecule has 0 spiro atoms. The van der Waals surface area contributed by atoms with Gasteiger partial charge >= 0.3 is 0 Å². The van der Waals surface area contributed by atoms with Gasteiger partial charge in [-0.05, 0) is 31.0 Å². The maximum absolute atomic E-state index is 12.9. The van der Waals surface area contributed by atoms with Gasteiger partial charge < -0.3 is 19.7 Å². The minimum atomic E-state index is -3.81. The van der Waals surface area contributed by atoms with E-state index in [0.717, 1.165) is 0 Å². The van der Waals surface area contributed by atoms with Gasteiger partial charge in [0.15, 0.2) is 0 Å². The summed E-state index contributed by atoms with van der Waals surface area (Å²) < 4.78 is 37.6. The predicted octanol–water partition coefficient (Wildman–Crippen LogP) is 1.18. The summed E-state index contributed by atoms with van der Waals surface area (Å²) in [7, 11) is -2.23. The first-order valence-electron chi connectivity index (χ1n) is 9.79. The van der Waals surface area contributed by atoms with E-state index in [1.54, 1.807) is 7.05 Å². The monoisotopic (exact) mass is 459 g/mol. The van der Waals surface area contributed by atoms with E-state index in [-0.39, 0.29) is 41.4 Å². The van der Waals surface area contributed by atoms with Crippen molar-refractivity contribution in [2.75, 3.05) is 58.4 Å². The Morgan fingerprint density at radius 3 is 2.47 bits per heavy atom. The third-order valence-corrected chi connectivity index (χ3v) is 7.51. The number of nitrogens with zero attached hydrogens (tertiary/aromatic N) is 2. The molecule has 1 aromatic carbocycles. The van der Waals surface area contributed by atoms with Crippen LogP contribution >= 0.6 is 11.6 Å². The summed E-state index contributed by atoms with van der Waals surface area (Å²) in [4.78, 5) is 26.2. The van der Waals surface area contributed by atoms with Gasteiger partial charge in [-0.3, -0.25) is 9.59 Å². The predicted molar refractivity (Wildman–Crippen MR) is 111 cm³/mol. The van der Waals surface area contributed by atoms with E-state index in [1.807, 2.05) is 0 Å². The van der Waals surface area contributed by atoms with E-state index in [2.05, 4.69) is 5.32 Å². The van der Waals surface area contributed by atoms with E-state index in [9.17, 15) is 18.0 Å². The number of amides is 2. The van der Waals surface area contributed by atoms with Gasteiger partial charge in [0.2, 0.25) is 21.8 Å². The molecule has 166 valence electrons. The zero-order chi connectivity index (χ0) is 21.7. The number of morpholine rings is 1. The van der Waals surface area contributed by atoms with Crippen molar-refractivity contribution in [1.82, 2.24) is 9.21 Å². The summed E-state index contributed by atoms with van der Waals surface area (Å²) in [5, 5.41) is 2.72. The molecule has 0 saturated carbocycles. The number of carbonyl (C=O) groups is 2. The maximum Gasteiger partial charge on any atom is 0.244 e. The highest BCUT2D eigenvalue weighted by Gasteiger charge is 2.29. The second kappa shape index (κ2) is 10.1. The van der Waals surface area contributed by atoms with E-state index >= 15 is 0 Å². The molecule has 2 saturated heterocycles. The Hall–Kier alpha value is -1.72. The molecule has 2 amide bonds. The average Bonchev–Trinajstić information content (AvgIpc) is 2.75. The first kappa shape index (κ1) is 23.0. The van der Waals surface area contributed by atoms with E-state index < -0.39 is 15.9 Å². The van der Waals surface area contributed by atoms with Gasteiger partial charge in [-0.2, -0.15) is 4.31 Å². The molecule has 9 nitrogen and oxygen atoms in total. The van der Waals surface area contributed by atoms with Crippen molar-refractivity contribution in [3.8, 4) is 0 Å². The summed E-state index contributed by atoms with van der Waals surface area (Å²) in [5.74, 6) is -0.660. The lowest BCUT2D eigenvalue weighted by molar-refractivity contribution is -0.139. The lowest BCUT2D eigenvalue weighted by Crippen LogP contribution is -2.41. The number of ether oxygens (including phenoxy) is 2. The van der Waals surface area contributed by atoms with Crippen molar-refractivity contribution >= 4 is 39.1 Å². The van der Waals surface area contributed by atoms with Crippen LogP contribution in [0.4, 0.5) is 5.69 Å². The highest BCUT2D eigenvalue weighted by Crippen LogP contribution is 2.28. The van der Waals surface area contributed by atoms with Gasteiger partial charge in [0.25, 0.3) is 0 Å². The van der Waals surface area contributed by atoms with Crippen LogP contribution in [-0.4, -0.2) is 82.5 Å². The average molecular weight is 460 g/mol. The SMILES string of the molecule is CN(CC(=O)Nc1ccc(Cl)c(S(=O)(=O)N2CCOCC2)c1)C(=O)C1CCOCC1. The molecule has 2 fully saturated rings. The summed E-state index contributed by atoms with van der Waals surface area (Å²) >= 11 is 6.14. The second-order valence-electron chi connectivity index (χ2n) is 7.29. The molecular weight excluding hydrogens is 434 g/mol. The van der Waals surface area contributed by atoms with Crippen LogP contribution in [0.3, 0.4) is 0 Å². The summed E-state index contributed by atoms with van der Waals surface area (Å²) in [6, 6.07) is 4.30. The van der Waals surface area contributed by atoms with E-state index in [0.29, 0.717) is 45.0 Å². The molecule has 0 aromatic heterocycles. The summed E-state index contributed by atoms with van der Waals surface area (Å²) in [6.07, 6.45) is 1.29. The molecule has 2 heterocycles. The Morgan fingerprint density at radius 2 is 1.80 bits per heavy atom. The number of sulfonamides is 1. The van der Waals surface area contributed by atoms with Crippen molar-refractivity contribution in [2.24, 2.45) is 5.92 Å². The van der Waals surface area contributed by atoms with Gasteiger partial charge in [-0.25, -0.2) is 8.42 Å². The van der Waals surface area contributed by atoms with Crippen LogP contribution in [0.15, 0.2) is 23.1 Å². The lowest BCUT2D eigenvalue weighted by Gasteiger charge is -2.27. The Labute approximate surface area is 181 Å². The van der Waals surface area contributed by atoms with Gasteiger partial charge in [-0.1, -0.05) is 11.6 Å². The number of likely N-dealkylation sites (N-methyl/N-ethyl adjacent to an activating group) is 1. The van der Waals surface area contributed by atoms with Crippen molar-refractivity contribution in [2.45, 2.75) is 17.7 Å². The lowest BCUT2D eigenvalue weighted by atomic mass is 9.99. The maximum atomic E-state index is 12.9. The van der Waals surface area contributed by atoms with Gasteiger partial charge in [0.05, 0.1) is 24.8 Å². The Kier molecular flexibility index (Phi) is 7.70. The topological polar surface area (TPSA) is 105 Å². The molecule has 30 heavy (non-hydrogen) atoms.